The molecule has 118 valence electrons. The zero-order chi connectivity index (χ0) is 17.1. The molecule has 0 atom stereocenters. The molecule has 1 rings (SSSR count). The lowest BCUT2D eigenvalue weighted by Crippen LogP contribution is -2.21. The van der Waals surface area contributed by atoms with Crippen LogP contribution < -0.4 is 0 Å². The normalized spacial score (nSPS) is 10.7. The maximum absolute atomic E-state index is 12.6. The van der Waals surface area contributed by atoms with Gasteiger partial charge in [-0.05, 0) is 0 Å². The molecule has 0 unspecified atom stereocenters. The fourth-order valence-electron chi connectivity index (χ4n) is 0.793. The molecule has 0 aliphatic carbocycles. The average Bonchev–Trinajstić information content (AvgIpc) is 2.33. The fourth-order valence-corrected chi connectivity index (χ4v) is 0.793. The maximum Gasteiger partial charge on any atom is 0.490 e. The van der Waals surface area contributed by atoms with Gasteiger partial charge in [0.15, 0.2) is 23.3 Å². The number of aromatic carboxylic acids is 1. The minimum absolute atomic E-state index is 1.86. The third kappa shape index (κ3) is 4.29. The van der Waals surface area contributed by atoms with E-state index in [1.807, 2.05) is 0 Å². The summed E-state index contributed by atoms with van der Waals surface area (Å²) in [6, 6.07) is 0. The molecule has 1 aromatic rings. The van der Waals surface area contributed by atoms with Crippen molar-refractivity contribution in [2.75, 3.05) is 0 Å². The quantitative estimate of drug-likeness (QED) is 0.473. The van der Waals surface area contributed by atoms with Gasteiger partial charge in [-0.2, -0.15) is 13.2 Å². The highest BCUT2D eigenvalue weighted by atomic mass is 19.4. The van der Waals surface area contributed by atoms with Gasteiger partial charge in [0.05, 0.1) is 0 Å². The molecule has 0 saturated heterocycles. The van der Waals surface area contributed by atoms with E-state index in [2.05, 4.69) is 0 Å². The number of benzene rings is 1. The summed E-state index contributed by atoms with van der Waals surface area (Å²) in [6.07, 6.45) is -5.08. The van der Waals surface area contributed by atoms with Gasteiger partial charge >= 0.3 is 18.1 Å². The summed E-state index contributed by atoms with van der Waals surface area (Å²) in [5.41, 5.74) is -1.86. The Morgan fingerprint density at radius 3 is 1.14 bits per heavy atom. The molecule has 21 heavy (non-hydrogen) atoms. The molecule has 0 radical (unpaired) electrons. The zero-order valence-corrected chi connectivity index (χ0v) is 9.23. The molecule has 0 aliphatic heterocycles. The topological polar surface area (TPSA) is 74.6 Å². The van der Waals surface area contributed by atoms with Gasteiger partial charge in [0.1, 0.15) is 5.56 Å². The Labute approximate surface area is 109 Å². The highest BCUT2D eigenvalue weighted by Gasteiger charge is 2.38. The second kappa shape index (κ2) is 6.37. The zero-order valence-electron chi connectivity index (χ0n) is 9.23. The highest BCUT2D eigenvalue weighted by molar-refractivity contribution is 5.88. The van der Waals surface area contributed by atoms with Gasteiger partial charge in [-0.3, -0.25) is 0 Å². The van der Waals surface area contributed by atoms with Crippen LogP contribution in [0.25, 0.3) is 0 Å². The number of rotatable bonds is 1. The van der Waals surface area contributed by atoms with Crippen molar-refractivity contribution >= 4 is 11.9 Å². The van der Waals surface area contributed by atoms with Crippen molar-refractivity contribution < 1.29 is 54.9 Å². The average molecular weight is 326 g/mol. The van der Waals surface area contributed by atoms with Crippen molar-refractivity contribution in [3.63, 3.8) is 0 Å². The first-order valence-corrected chi connectivity index (χ1v) is 4.37. The van der Waals surface area contributed by atoms with Crippen molar-refractivity contribution in [2.45, 2.75) is 6.18 Å². The SMILES string of the molecule is O=C(O)C(F)(F)F.O=C(O)c1c(F)c(F)c(F)c(F)c1F. The first-order valence-electron chi connectivity index (χ1n) is 4.37. The summed E-state index contributed by atoms with van der Waals surface area (Å²) in [5.74, 6) is -16.6. The van der Waals surface area contributed by atoms with E-state index in [9.17, 15) is 39.9 Å². The Hall–Kier alpha value is -2.40. The Bertz CT molecular complexity index is 551. The van der Waals surface area contributed by atoms with Crippen molar-refractivity contribution in [3.8, 4) is 0 Å². The Morgan fingerprint density at radius 2 is 0.952 bits per heavy atom. The summed E-state index contributed by atoms with van der Waals surface area (Å²) in [5, 5.41) is 15.3. The van der Waals surface area contributed by atoms with E-state index in [1.54, 1.807) is 0 Å². The summed E-state index contributed by atoms with van der Waals surface area (Å²) in [7, 11) is 0. The minimum Gasteiger partial charge on any atom is -0.477 e. The van der Waals surface area contributed by atoms with Crippen LogP contribution in [0, 0.1) is 29.1 Å². The summed E-state index contributed by atoms with van der Waals surface area (Å²) < 4.78 is 93.9. The van der Waals surface area contributed by atoms with Crippen molar-refractivity contribution in [3.05, 3.63) is 34.6 Å². The molecule has 0 fully saturated rings. The number of hydrogen-bond donors (Lipinski definition) is 2. The molecule has 0 bridgehead atoms. The third-order valence-electron chi connectivity index (χ3n) is 1.67. The van der Waals surface area contributed by atoms with Crippen molar-refractivity contribution in [2.24, 2.45) is 0 Å². The summed E-state index contributed by atoms with van der Waals surface area (Å²) in [4.78, 5) is 19.0. The molecule has 4 nitrogen and oxygen atoms in total. The predicted molar refractivity (Wildman–Crippen MR) is 46.9 cm³/mol. The van der Waals surface area contributed by atoms with Crippen LogP contribution in [-0.4, -0.2) is 28.3 Å². The van der Waals surface area contributed by atoms with Gasteiger partial charge in [-0.1, -0.05) is 0 Å². The lowest BCUT2D eigenvalue weighted by atomic mass is 10.1. The molecule has 0 amide bonds. The molecule has 0 aromatic heterocycles. The van der Waals surface area contributed by atoms with Crippen LogP contribution in [0.3, 0.4) is 0 Å². The number of hydrogen-bond acceptors (Lipinski definition) is 2. The first-order chi connectivity index (χ1) is 9.32. The van der Waals surface area contributed by atoms with E-state index < -0.39 is 52.8 Å². The predicted octanol–water partition coefficient (Wildman–Crippen LogP) is 2.71. The van der Waals surface area contributed by atoms with Gasteiger partial charge in [0, 0.05) is 0 Å². The molecule has 2 N–H and O–H groups in total. The van der Waals surface area contributed by atoms with Gasteiger partial charge < -0.3 is 10.2 Å². The van der Waals surface area contributed by atoms with E-state index in [0.29, 0.717) is 0 Å². The molecule has 0 heterocycles. The molecule has 12 heteroatoms. The number of halogens is 8. The summed E-state index contributed by atoms with van der Waals surface area (Å²) in [6.45, 7) is 0. The second-order valence-corrected chi connectivity index (χ2v) is 3.05. The van der Waals surface area contributed by atoms with E-state index in [4.69, 9.17) is 15.0 Å². The van der Waals surface area contributed by atoms with E-state index in [0.717, 1.165) is 0 Å². The standard InChI is InChI=1S/C7HF5O2.C2HF3O2/c8-2-1(7(13)14)3(9)5(11)6(12)4(2)10;3-2(4,5)1(6)7/h(H,13,14);(H,6,7). The number of carboxylic acid groups (broad SMARTS) is 2. The van der Waals surface area contributed by atoms with Gasteiger partial charge in [0.2, 0.25) is 5.82 Å². The largest absolute Gasteiger partial charge is 0.490 e. The maximum atomic E-state index is 12.6. The Morgan fingerprint density at radius 1 is 0.714 bits per heavy atom. The smallest absolute Gasteiger partial charge is 0.477 e. The fraction of sp³-hybridized carbons (Fsp3) is 0.111. The summed E-state index contributed by atoms with van der Waals surface area (Å²) >= 11 is 0. The number of alkyl halides is 3. The molecular weight excluding hydrogens is 324 g/mol. The third-order valence-corrected chi connectivity index (χ3v) is 1.67. The van der Waals surface area contributed by atoms with Crippen LogP contribution in [0.15, 0.2) is 0 Å². The first kappa shape index (κ1) is 18.6. The number of aliphatic carboxylic acids is 1. The highest BCUT2D eigenvalue weighted by Crippen LogP contribution is 2.22. The lowest BCUT2D eigenvalue weighted by Gasteiger charge is -2.03. The Kier molecular flexibility index (Phi) is 5.64. The number of carboxylic acids is 2. The van der Waals surface area contributed by atoms with Crippen LogP contribution in [0.2, 0.25) is 0 Å². The van der Waals surface area contributed by atoms with Crippen LogP contribution in [0.5, 0.6) is 0 Å². The van der Waals surface area contributed by atoms with Crippen LogP contribution >= 0.6 is 0 Å². The van der Waals surface area contributed by atoms with Crippen molar-refractivity contribution in [1.82, 2.24) is 0 Å². The van der Waals surface area contributed by atoms with Crippen LogP contribution in [0.1, 0.15) is 10.4 Å². The number of carbonyl (C=O) groups is 2. The van der Waals surface area contributed by atoms with Gasteiger partial charge in [-0.25, -0.2) is 31.5 Å². The van der Waals surface area contributed by atoms with E-state index in [1.165, 1.54) is 0 Å². The molecule has 0 aliphatic rings. The molecule has 0 spiro atoms. The van der Waals surface area contributed by atoms with Gasteiger partial charge in [0.25, 0.3) is 0 Å². The van der Waals surface area contributed by atoms with Crippen LogP contribution in [0.4, 0.5) is 35.1 Å². The lowest BCUT2D eigenvalue weighted by molar-refractivity contribution is -0.192. The van der Waals surface area contributed by atoms with E-state index >= 15 is 0 Å². The van der Waals surface area contributed by atoms with Crippen molar-refractivity contribution in [1.29, 1.82) is 0 Å². The monoisotopic (exact) mass is 326 g/mol. The minimum atomic E-state index is -5.08. The van der Waals surface area contributed by atoms with E-state index in [-0.39, 0.29) is 0 Å². The molecule has 0 saturated carbocycles. The molecular formula is C9H2F8O4. The second-order valence-electron chi connectivity index (χ2n) is 3.05. The Balaban J connectivity index is 0.000000486. The van der Waals surface area contributed by atoms with Crippen LogP contribution in [-0.2, 0) is 4.79 Å². The van der Waals surface area contributed by atoms with Gasteiger partial charge in [-0.15, -0.1) is 0 Å². The molecule has 1 aromatic carbocycles.